The number of fused-ring (bicyclic) bond motifs is 1. The average molecular weight is 504 g/mol. The molecular weight excluding hydrogens is 465 g/mol. The summed E-state index contributed by atoms with van der Waals surface area (Å²) in [6, 6.07) is 15.1. The molecule has 1 aliphatic rings. The first-order valence-electron chi connectivity index (χ1n) is 13.0. The highest BCUT2D eigenvalue weighted by Gasteiger charge is 2.35. The predicted octanol–water partition coefficient (Wildman–Crippen LogP) is 7.31. The fraction of sp³-hybridized carbons (Fsp3) is 0.406. The number of benzene rings is 3. The average Bonchev–Trinajstić information content (AvgIpc) is 3.25. The fourth-order valence-corrected chi connectivity index (χ4v) is 5.45. The molecule has 4 rings (SSSR count). The smallest absolute Gasteiger partial charge is 0.337 e. The van der Waals surface area contributed by atoms with E-state index in [1.807, 2.05) is 33.8 Å². The largest absolute Gasteiger partial charge is 0.479 e. The van der Waals surface area contributed by atoms with Crippen molar-refractivity contribution in [1.82, 2.24) is 4.90 Å². The van der Waals surface area contributed by atoms with Crippen LogP contribution in [0.5, 0.6) is 0 Å². The summed E-state index contributed by atoms with van der Waals surface area (Å²) in [6.07, 6.45) is 0.684. The number of hydrogen-bond donors (Lipinski definition) is 1. The first kappa shape index (κ1) is 27.0. The van der Waals surface area contributed by atoms with Gasteiger partial charge in [0.2, 0.25) is 0 Å². The Bertz CT molecular complexity index is 1290. The monoisotopic (exact) mass is 503 g/mol. The topological polar surface area (TPSA) is 49.8 Å². The van der Waals surface area contributed by atoms with E-state index in [0.29, 0.717) is 0 Å². The minimum absolute atomic E-state index is 0.195. The van der Waals surface area contributed by atoms with E-state index in [2.05, 4.69) is 43.0 Å². The molecule has 1 heterocycles. The van der Waals surface area contributed by atoms with E-state index >= 15 is 0 Å². The number of carbonyl (C=O) groups is 1. The van der Waals surface area contributed by atoms with E-state index in [1.165, 1.54) is 17.2 Å². The summed E-state index contributed by atoms with van der Waals surface area (Å²) in [5.74, 6) is -1.17. The highest BCUT2D eigenvalue weighted by molar-refractivity contribution is 5.84. The molecule has 5 heteroatoms. The van der Waals surface area contributed by atoms with Crippen LogP contribution < -0.4 is 0 Å². The Balaban J connectivity index is 1.71. The number of aryl methyl sites for hydroxylation is 2. The Morgan fingerprint density at radius 2 is 1.68 bits per heavy atom. The van der Waals surface area contributed by atoms with Crippen LogP contribution in [0.1, 0.15) is 72.2 Å². The van der Waals surface area contributed by atoms with E-state index in [-0.39, 0.29) is 5.82 Å². The van der Waals surface area contributed by atoms with Crippen LogP contribution in [0.15, 0.2) is 48.5 Å². The molecule has 0 aliphatic carbocycles. The highest BCUT2D eigenvalue weighted by Crippen LogP contribution is 2.43. The third kappa shape index (κ3) is 6.11. The molecule has 0 amide bonds. The maximum Gasteiger partial charge on any atom is 0.337 e. The van der Waals surface area contributed by atoms with Gasteiger partial charge in [0.15, 0.2) is 6.10 Å². The van der Waals surface area contributed by atoms with Crippen LogP contribution in [0, 0.1) is 26.6 Å². The number of aliphatic carboxylic acids is 1. The number of halogens is 1. The van der Waals surface area contributed by atoms with E-state index in [9.17, 15) is 14.3 Å². The summed E-state index contributed by atoms with van der Waals surface area (Å²) in [6.45, 7) is 14.4. The zero-order valence-electron chi connectivity index (χ0n) is 22.8. The molecule has 1 aliphatic heterocycles. The maximum atomic E-state index is 13.6. The molecule has 0 unspecified atom stereocenters. The normalized spacial score (nSPS) is 14.6. The van der Waals surface area contributed by atoms with Crippen LogP contribution in [0.4, 0.5) is 4.39 Å². The van der Waals surface area contributed by atoms with E-state index in [0.717, 1.165) is 71.4 Å². The van der Waals surface area contributed by atoms with Crippen molar-refractivity contribution in [1.29, 1.82) is 0 Å². The second-order valence-corrected chi connectivity index (χ2v) is 11.3. The number of hydrogen-bond acceptors (Lipinski definition) is 3. The molecule has 0 bridgehead atoms. The minimum Gasteiger partial charge on any atom is -0.479 e. The molecule has 3 aromatic carbocycles. The van der Waals surface area contributed by atoms with Gasteiger partial charge in [0.05, 0.1) is 5.60 Å². The zero-order valence-corrected chi connectivity index (χ0v) is 22.8. The number of carboxylic acid groups (broad SMARTS) is 1. The second-order valence-electron chi connectivity index (χ2n) is 11.3. The van der Waals surface area contributed by atoms with Crippen LogP contribution in [-0.2, 0) is 29.0 Å². The van der Waals surface area contributed by atoms with Crippen molar-refractivity contribution in [2.45, 2.75) is 79.2 Å². The first-order valence-corrected chi connectivity index (χ1v) is 13.0. The van der Waals surface area contributed by atoms with Gasteiger partial charge in [-0.3, -0.25) is 4.90 Å². The highest BCUT2D eigenvalue weighted by atomic mass is 19.1. The van der Waals surface area contributed by atoms with Crippen molar-refractivity contribution in [2.75, 3.05) is 6.54 Å². The summed E-state index contributed by atoms with van der Waals surface area (Å²) >= 11 is 0. The SMILES string of the molecule is Cc1ccc(-c2c(C)c3c(c(C)c2[C@H](OC(C)(C)C)C(=O)O)CN(CCCc2cccc(F)c2)C3)cc1. The molecule has 0 saturated heterocycles. The van der Waals surface area contributed by atoms with Gasteiger partial charge >= 0.3 is 5.97 Å². The molecule has 1 N–H and O–H groups in total. The summed E-state index contributed by atoms with van der Waals surface area (Å²) in [4.78, 5) is 15.0. The molecule has 1 atom stereocenters. The molecule has 196 valence electrons. The van der Waals surface area contributed by atoms with Crippen molar-refractivity contribution >= 4 is 5.97 Å². The first-order chi connectivity index (χ1) is 17.4. The quantitative estimate of drug-likeness (QED) is 0.350. The van der Waals surface area contributed by atoms with Crippen LogP contribution in [0.2, 0.25) is 0 Å². The van der Waals surface area contributed by atoms with Crippen molar-refractivity contribution in [3.05, 3.63) is 93.3 Å². The van der Waals surface area contributed by atoms with E-state index in [1.54, 1.807) is 12.1 Å². The maximum absolute atomic E-state index is 13.6. The van der Waals surface area contributed by atoms with Gasteiger partial charge in [-0.1, -0.05) is 42.0 Å². The Morgan fingerprint density at radius 3 is 2.27 bits per heavy atom. The second kappa shape index (κ2) is 10.8. The summed E-state index contributed by atoms with van der Waals surface area (Å²) in [5, 5.41) is 10.3. The molecular formula is C32H38FNO3. The molecule has 4 nitrogen and oxygen atoms in total. The van der Waals surface area contributed by atoms with Crippen molar-refractivity contribution in [2.24, 2.45) is 0 Å². The van der Waals surface area contributed by atoms with Crippen LogP contribution >= 0.6 is 0 Å². The lowest BCUT2D eigenvalue weighted by molar-refractivity contribution is -0.160. The molecule has 0 saturated carbocycles. The molecule has 0 aromatic heterocycles. The van der Waals surface area contributed by atoms with Gasteiger partial charge < -0.3 is 9.84 Å². The molecule has 0 radical (unpaired) electrons. The zero-order chi connectivity index (χ0) is 26.9. The Hall–Kier alpha value is -3.02. The van der Waals surface area contributed by atoms with E-state index in [4.69, 9.17) is 4.74 Å². The minimum atomic E-state index is -1.07. The lowest BCUT2D eigenvalue weighted by Gasteiger charge is -2.30. The third-order valence-electron chi connectivity index (χ3n) is 7.21. The van der Waals surface area contributed by atoms with Gasteiger partial charge in [0.25, 0.3) is 0 Å². The Kier molecular flexibility index (Phi) is 7.86. The van der Waals surface area contributed by atoms with Gasteiger partial charge in [-0.15, -0.1) is 0 Å². The predicted molar refractivity (Wildman–Crippen MR) is 146 cm³/mol. The van der Waals surface area contributed by atoms with Crippen LogP contribution in [0.25, 0.3) is 11.1 Å². The summed E-state index contributed by atoms with van der Waals surface area (Å²) in [7, 11) is 0. The molecule has 0 spiro atoms. The lowest BCUT2D eigenvalue weighted by atomic mass is 9.83. The van der Waals surface area contributed by atoms with Gasteiger partial charge in [0.1, 0.15) is 5.82 Å². The van der Waals surface area contributed by atoms with Crippen LogP contribution in [0.3, 0.4) is 0 Å². The summed E-state index contributed by atoms with van der Waals surface area (Å²) < 4.78 is 19.7. The van der Waals surface area contributed by atoms with Gasteiger partial charge in [0, 0.05) is 18.7 Å². The summed E-state index contributed by atoms with van der Waals surface area (Å²) in [5.41, 5.74) is 8.89. The Labute approximate surface area is 220 Å². The van der Waals surface area contributed by atoms with Crippen molar-refractivity contribution in [3.8, 4) is 11.1 Å². The van der Waals surface area contributed by atoms with Crippen LogP contribution in [-0.4, -0.2) is 28.1 Å². The number of nitrogens with zero attached hydrogens (tertiary/aromatic N) is 1. The molecule has 0 fully saturated rings. The van der Waals surface area contributed by atoms with Gasteiger partial charge in [-0.2, -0.15) is 0 Å². The Morgan fingerprint density at radius 1 is 1.03 bits per heavy atom. The molecule has 3 aromatic rings. The lowest BCUT2D eigenvalue weighted by Crippen LogP contribution is -2.28. The van der Waals surface area contributed by atoms with E-state index < -0.39 is 17.7 Å². The number of carboxylic acids is 1. The van der Waals surface area contributed by atoms with Gasteiger partial charge in [-0.05, 0) is 112 Å². The fourth-order valence-electron chi connectivity index (χ4n) is 5.45. The van der Waals surface area contributed by atoms with Crippen molar-refractivity contribution < 1.29 is 19.0 Å². The third-order valence-corrected chi connectivity index (χ3v) is 7.21. The van der Waals surface area contributed by atoms with Crippen molar-refractivity contribution in [3.63, 3.8) is 0 Å². The number of rotatable bonds is 8. The van der Waals surface area contributed by atoms with Gasteiger partial charge in [-0.25, -0.2) is 9.18 Å². The standard InChI is InChI=1S/C32H38FNO3/c1-20-12-14-24(15-13-20)28-21(2)26-18-34(16-8-10-23-9-7-11-25(33)17-23)19-27(26)22(3)29(28)30(31(35)36)37-32(4,5)6/h7,9,11-15,17,30H,8,10,16,18-19H2,1-6H3,(H,35,36)/t30-/m0/s1. The number of ether oxygens (including phenoxy) is 1. The molecule has 37 heavy (non-hydrogen) atoms.